The molecule has 6 heteroatoms. The second kappa shape index (κ2) is 7.61. The van der Waals surface area contributed by atoms with Crippen LogP contribution >= 0.6 is 11.3 Å². The van der Waals surface area contributed by atoms with Crippen molar-refractivity contribution in [3.05, 3.63) is 46.8 Å². The fraction of sp³-hybridized carbons (Fsp3) is 0.250. The summed E-state index contributed by atoms with van der Waals surface area (Å²) in [5.74, 6) is -0.107. The molecule has 2 rings (SSSR count). The quantitative estimate of drug-likeness (QED) is 0.830. The lowest BCUT2D eigenvalue weighted by Crippen LogP contribution is -2.21. The molecule has 0 aliphatic carbocycles. The van der Waals surface area contributed by atoms with E-state index >= 15 is 0 Å². The van der Waals surface area contributed by atoms with Crippen molar-refractivity contribution in [3.8, 4) is 5.75 Å². The van der Waals surface area contributed by atoms with Gasteiger partial charge >= 0.3 is 5.97 Å². The number of aryl methyl sites for hydroxylation is 1. The van der Waals surface area contributed by atoms with Crippen molar-refractivity contribution in [2.75, 3.05) is 18.5 Å². The smallest absolute Gasteiger partial charge is 0.341 e. The van der Waals surface area contributed by atoms with Gasteiger partial charge in [0.05, 0.1) is 12.2 Å². The summed E-state index contributed by atoms with van der Waals surface area (Å²) < 4.78 is 10.4. The van der Waals surface area contributed by atoms with Gasteiger partial charge in [-0.1, -0.05) is 18.2 Å². The van der Waals surface area contributed by atoms with Gasteiger partial charge in [0, 0.05) is 0 Å². The molecule has 0 fully saturated rings. The first kappa shape index (κ1) is 16.0. The molecule has 0 saturated carbocycles. The predicted octanol–water partition coefficient (Wildman–Crippen LogP) is 3.25. The highest BCUT2D eigenvalue weighted by Crippen LogP contribution is 2.24. The fourth-order valence-electron chi connectivity index (χ4n) is 1.80. The third-order valence-electron chi connectivity index (χ3n) is 2.87. The number of ether oxygens (including phenoxy) is 2. The molecule has 0 spiro atoms. The topological polar surface area (TPSA) is 64.6 Å². The SMILES string of the molecule is CCOC(=O)c1ccsc1NC(=O)COc1ccccc1C. The number of esters is 1. The summed E-state index contributed by atoms with van der Waals surface area (Å²) in [6, 6.07) is 9.08. The number of rotatable bonds is 6. The van der Waals surface area contributed by atoms with Crippen LogP contribution in [-0.2, 0) is 9.53 Å². The van der Waals surface area contributed by atoms with E-state index in [2.05, 4.69) is 5.32 Å². The summed E-state index contributed by atoms with van der Waals surface area (Å²) >= 11 is 1.27. The number of anilines is 1. The first-order valence-electron chi connectivity index (χ1n) is 6.84. The number of hydrogen-bond donors (Lipinski definition) is 1. The number of hydrogen-bond acceptors (Lipinski definition) is 5. The Labute approximate surface area is 132 Å². The summed E-state index contributed by atoms with van der Waals surface area (Å²) in [7, 11) is 0. The average molecular weight is 319 g/mol. The highest BCUT2D eigenvalue weighted by molar-refractivity contribution is 7.14. The average Bonchev–Trinajstić information content (AvgIpc) is 2.95. The van der Waals surface area contributed by atoms with Gasteiger partial charge in [-0.05, 0) is 36.9 Å². The second-order valence-corrected chi connectivity index (χ2v) is 5.40. The van der Waals surface area contributed by atoms with Gasteiger partial charge in [-0.2, -0.15) is 0 Å². The van der Waals surface area contributed by atoms with E-state index in [0.29, 0.717) is 22.9 Å². The molecule has 1 aromatic heterocycles. The van der Waals surface area contributed by atoms with Gasteiger partial charge in [0.1, 0.15) is 10.8 Å². The Kier molecular flexibility index (Phi) is 5.55. The molecule has 1 aromatic carbocycles. The van der Waals surface area contributed by atoms with Gasteiger partial charge in [0.15, 0.2) is 6.61 Å². The number of amides is 1. The van der Waals surface area contributed by atoms with Gasteiger partial charge in [-0.3, -0.25) is 4.79 Å². The number of para-hydroxylation sites is 1. The maximum absolute atomic E-state index is 11.9. The van der Waals surface area contributed by atoms with E-state index < -0.39 is 5.97 Å². The van der Waals surface area contributed by atoms with E-state index in [-0.39, 0.29) is 12.5 Å². The summed E-state index contributed by atoms with van der Waals surface area (Å²) in [4.78, 5) is 23.7. The zero-order chi connectivity index (χ0) is 15.9. The van der Waals surface area contributed by atoms with E-state index in [0.717, 1.165) is 5.56 Å². The van der Waals surface area contributed by atoms with Crippen LogP contribution in [-0.4, -0.2) is 25.1 Å². The second-order valence-electron chi connectivity index (χ2n) is 4.49. The Bertz CT molecular complexity index is 666. The standard InChI is InChI=1S/C16H17NO4S/c1-3-20-16(19)12-8-9-22-15(12)17-14(18)10-21-13-7-5-4-6-11(13)2/h4-9H,3,10H2,1-2H3,(H,17,18). The normalized spacial score (nSPS) is 10.1. The van der Waals surface area contributed by atoms with Gasteiger partial charge in [0.2, 0.25) is 0 Å². The monoisotopic (exact) mass is 319 g/mol. The van der Waals surface area contributed by atoms with E-state index in [9.17, 15) is 9.59 Å². The molecule has 0 bridgehead atoms. The Balaban J connectivity index is 1.94. The minimum atomic E-state index is -0.445. The third-order valence-corrected chi connectivity index (χ3v) is 3.70. The van der Waals surface area contributed by atoms with Gasteiger partial charge < -0.3 is 14.8 Å². The predicted molar refractivity (Wildman–Crippen MR) is 85.6 cm³/mol. The van der Waals surface area contributed by atoms with E-state index in [4.69, 9.17) is 9.47 Å². The molecule has 1 amide bonds. The van der Waals surface area contributed by atoms with Crippen molar-refractivity contribution in [2.24, 2.45) is 0 Å². The lowest BCUT2D eigenvalue weighted by atomic mass is 10.2. The number of benzene rings is 1. The van der Waals surface area contributed by atoms with Crippen molar-refractivity contribution < 1.29 is 19.1 Å². The number of carbonyl (C=O) groups is 2. The Morgan fingerprint density at radius 3 is 2.73 bits per heavy atom. The third kappa shape index (κ3) is 4.08. The van der Waals surface area contributed by atoms with Crippen LogP contribution in [0.15, 0.2) is 35.7 Å². The lowest BCUT2D eigenvalue weighted by molar-refractivity contribution is -0.118. The van der Waals surface area contributed by atoms with Crippen molar-refractivity contribution in [2.45, 2.75) is 13.8 Å². The van der Waals surface area contributed by atoms with E-state index in [1.165, 1.54) is 11.3 Å². The lowest BCUT2D eigenvalue weighted by Gasteiger charge is -2.09. The summed E-state index contributed by atoms with van der Waals surface area (Å²) in [5, 5.41) is 4.87. The van der Waals surface area contributed by atoms with Crippen LogP contribution in [0, 0.1) is 6.92 Å². The van der Waals surface area contributed by atoms with Crippen molar-refractivity contribution >= 4 is 28.2 Å². The van der Waals surface area contributed by atoms with Crippen LogP contribution in [0.3, 0.4) is 0 Å². The maximum Gasteiger partial charge on any atom is 0.341 e. The minimum absolute atomic E-state index is 0.120. The molecule has 0 saturated heterocycles. The summed E-state index contributed by atoms with van der Waals surface area (Å²) in [6.07, 6.45) is 0. The molecule has 2 aromatic rings. The zero-order valence-corrected chi connectivity index (χ0v) is 13.2. The largest absolute Gasteiger partial charge is 0.483 e. The molecule has 0 unspecified atom stereocenters. The van der Waals surface area contributed by atoms with Gasteiger partial charge in [-0.15, -0.1) is 11.3 Å². The Morgan fingerprint density at radius 1 is 1.23 bits per heavy atom. The van der Waals surface area contributed by atoms with E-state index in [1.807, 2.05) is 25.1 Å². The molecule has 22 heavy (non-hydrogen) atoms. The minimum Gasteiger partial charge on any atom is -0.483 e. The van der Waals surface area contributed by atoms with Crippen LogP contribution in [0.25, 0.3) is 0 Å². The zero-order valence-electron chi connectivity index (χ0n) is 12.4. The molecule has 0 aliphatic rings. The molecule has 0 radical (unpaired) electrons. The summed E-state index contributed by atoms with van der Waals surface area (Å²) in [5.41, 5.74) is 1.31. The highest BCUT2D eigenvalue weighted by Gasteiger charge is 2.16. The number of nitrogens with one attached hydrogen (secondary N) is 1. The first-order chi connectivity index (χ1) is 10.6. The fourth-order valence-corrected chi connectivity index (χ4v) is 2.59. The molecule has 1 heterocycles. The number of carbonyl (C=O) groups excluding carboxylic acids is 2. The molecule has 0 aliphatic heterocycles. The van der Waals surface area contributed by atoms with Gasteiger partial charge in [-0.25, -0.2) is 4.79 Å². The van der Waals surface area contributed by atoms with Crippen molar-refractivity contribution in [3.63, 3.8) is 0 Å². The molecular weight excluding hydrogens is 302 g/mol. The Morgan fingerprint density at radius 2 is 2.00 bits per heavy atom. The van der Waals surface area contributed by atoms with Crippen molar-refractivity contribution in [1.29, 1.82) is 0 Å². The van der Waals surface area contributed by atoms with Crippen molar-refractivity contribution in [1.82, 2.24) is 0 Å². The first-order valence-corrected chi connectivity index (χ1v) is 7.72. The van der Waals surface area contributed by atoms with Crippen LogP contribution in [0.5, 0.6) is 5.75 Å². The van der Waals surface area contributed by atoms with Crippen LogP contribution in [0.1, 0.15) is 22.8 Å². The molecule has 116 valence electrons. The van der Waals surface area contributed by atoms with Crippen LogP contribution in [0.4, 0.5) is 5.00 Å². The maximum atomic E-state index is 11.9. The highest BCUT2D eigenvalue weighted by atomic mass is 32.1. The molecule has 5 nitrogen and oxygen atoms in total. The van der Waals surface area contributed by atoms with Gasteiger partial charge in [0.25, 0.3) is 5.91 Å². The molecule has 1 N–H and O–H groups in total. The van der Waals surface area contributed by atoms with Crippen LogP contribution < -0.4 is 10.1 Å². The van der Waals surface area contributed by atoms with E-state index in [1.54, 1.807) is 24.4 Å². The Hall–Kier alpha value is -2.34. The number of thiophene rings is 1. The molecular formula is C16H17NO4S. The van der Waals surface area contributed by atoms with Crippen LogP contribution in [0.2, 0.25) is 0 Å². The molecule has 0 atom stereocenters. The summed E-state index contributed by atoms with van der Waals surface area (Å²) in [6.45, 7) is 3.81.